The normalized spacial score (nSPS) is 11.6. The molecule has 18 heavy (non-hydrogen) atoms. The van der Waals surface area contributed by atoms with Gasteiger partial charge in [-0.3, -0.25) is 9.36 Å². The Balaban J connectivity index is 3.60. The highest BCUT2D eigenvalue weighted by molar-refractivity contribution is 7.51. The zero-order valence-electron chi connectivity index (χ0n) is 10.9. The van der Waals surface area contributed by atoms with Gasteiger partial charge < -0.3 is 20.1 Å². The molecule has 0 saturated heterocycles. The number of carbonyl (C=O) groups is 1. The quantitative estimate of drug-likeness (QED) is 0.363. The van der Waals surface area contributed by atoms with E-state index in [0.29, 0.717) is 11.5 Å². The molecule has 0 bridgehead atoms. The summed E-state index contributed by atoms with van der Waals surface area (Å²) in [6, 6.07) is 0. The highest BCUT2D eigenvalue weighted by atomic mass is 31.2. The van der Waals surface area contributed by atoms with Crippen LogP contribution in [0.3, 0.4) is 0 Å². The van der Waals surface area contributed by atoms with Crippen molar-refractivity contribution in [2.24, 2.45) is 0 Å². The maximum absolute atomic E-state index is 11.4. The van der Waals surface area contributed by atoms with Crippen LogP contribution in [0.1, 0.15) is 51.9 Å². The van der Waals surface area contributed by atoms with E-state index in [1.807, 2.05) is 0 Å². The van der Waals surface area contributed by atoms with E-state index in [9.17, 15) is 14.6 Å². The molecular weight excluding hydrogens is 257 g/mol. The Morgan fingerprint density at radius 1 is 1.17 bits per heavy atom. The van der Waals surface area contributed by atoms with Gasteiger partial charge in [0.2, 0.25) is 5.91 Å². The minimum absolute atomic E-state index is 0.0371. The molecule has 0 aromatic rings. The second-order valence-electron chi connectivity index (χ2n) is 4.40. The van der Waals surface area contributed by atoms with Crippen LogP contribution in [0.2, 0.25) is 0 Å². The summed E-state index contributed by atoms with van der Waals surface area (Å²) < 4.78 is 10.5. The molecule has 0 rings (SSSR count). The first-order valence-corrected chi connectivity index (χ1v) is 8.18. The standard InChI is InChI=1S/C11H23NO5P/c1-2-3-4-5-6-8-11(13)12(14)9-7-10-18(15,16)17/h2-10H2,1H3,(H2,15,16,17)/q-1. The van der Waals surface area contributed by atoms with E-state index >= 15 is 0 Å². The third kappa shape index (κ3) is 10.7. The Morgan fingerprint density at radius 3 is 2.33 bits per heavy atom. The molecule has 0 atom stereocenters. The number of hydrogen-bond donors (Lipinski definition) is 2. The highest BCUT2D eigenvalue weighted by Gasteiger charge is 2.12. The molecule has 7 heteroatoms. The fourth-order valence-electron chi connectivity index (χ4n) is 1.55. The van der Waals surface area contributed by atoms with E-state index in [1.54, 1.807) is 0 Å². The zero-order valence-corrected chi connectivity index (χ0v) is 11.8. The van der Waals surface area contributed by atoms with Gasteiger partial charge in [-0.1, -0.05) is 32.6 Å². The van der Waals surface area contributed by atoms with Gasteiger partial charge in [-0.15, -0.1) is 0 Å². The molecule has 0 aromatic heterocycles. The van der Waals surface area contributed by atoms with Gasteiger partial charge in [0.25, 0.3) is 0 Å². The van der Waals surface area contributed by atoms with E-state index in [0.717, 1.165) is 25.7 Å². The summed E-state index contributed by atoms with van der Waals surface area (Å²) in [4.78, 5) is 28.5. The monoisotopic (exact) mass is 280 g/mol. The number of nitrogens with zero attached hydrogens (tertiary/aromatic N) is 1. The number of carbonyl (C=O) groups excluding carboxylic acids is 1. The molecule has 0 aliphatic carbocycles. The smallest absolute Gasteiger partial charge is 0.325 e. The van der Waals surface area contributed by atoms with E-state index in [2.05, 4.69) is 6.92 Å². The molecule has 0 heterocycles. The zero-order chi connectivity index (χ0) is 14.0. The Hall–Kier alpha value is -0.420. The second-order valence-corrected chi connectivity index (χ2v) is 6.18. The van der Waals surface area contributed by atoms with Crippen molar-refractivity contribution in [2.75, 3.05) is 12.7 Å². The number of rotatable bonds is 10. The van der Waals surface area contributed by atoms with Crippen LogP contribution in [0.25, 0.3) is 0 Å². The van der Waals surface area contributed by atoms with Gasteiger partial charge in [0.1, 0.15) is 0 Å². The van der Waals surface area contributed by atoms with Gasteiger partial charge in [0.15, 0.2) is 0 Å². The van der Waals surface area contributed by atoms with Crippen molar-refractivity contribution in [3.63, 3.8) is 0 Å². The number of hydrogen-bond acceptors (Lipinski definition) is 3. The summed E-state index contributed by atoms with van der Waals surface area (Å²) in [5, 5.41) is 11.6. The fourth-order valence-corrected chi connectivity index (χ4v) is 2.10. The van der Waals surface area contributed by atoms with E-state index < -0.39 is 13.5 Å². The van der Waals surface area contributed by atoms with Crippen LogP contribution in [0.4, 0.5) is 0 Å². The lowest BCUT2D eigenvalue weighted by molar-refractivity contribution is -0.128. The van der Waals surface area contributed by atoms with Crippen molar-refractivity contribution in [3.8, 4) is 0 Å². The highest BCUT2D eigenvalue weighted by Crippen LogP contribution is 2.34. The maximum Gasteiger partial charge on any atom is 0.325 e. The lowest BCUT2D eigenvalue weighted by atomic mass is 10.1. The molecule has 0 saturated carbocycles. The minimum atomic E-state index is -4.06. The summed E-state index contributed by atoms with van der Waals surface area (Å²) in [5.74, 6) is -0.489. The van der Waals surface area contributed by atoms with Gasteiger partial charge >= 0.3 is 7.60 Å². The van der Waals surface area contributed by atoms with Crippen LogP contribution in [0, 0.1) is 5.21 Å². The molecule has 0 aromatic carbocycles. The van der Waals surface area contributed by atoms with Crippen LogP contribution in [-0.2, 0) is 9.36 Å². The third-order valence-electron chi connectivity index (χ3n) is 2.58. The summed E-state index contributed by atoms with van der Waals surface area (Å²) in [6.07, 6.45) is 4.89. The maximum atomic E-state index is 11.4. The Morgan fingerprint density at radius 2 is 1.78 bits per heavy atom. The third-order valence-corrected chi connectivity index (χ3v) is 3.48. The fraction of sp³-hybridized carbons (Fsp3) is 0.909. The Labute approximate surface area is 108 Å². The first kappa shape index (κ1) is 17.6. The SMILES string of the molecule is CCCCCCCC(=O)N([O-])CCCP(=O)(O)O. The van der Waals surface area contributed by atoms with Gasteiger partial charge in [0.05, 0.1) is 6.16 Å². The summed E-state index contributed by atoms with van der Waals surface area (Å²) >= 11 is 0. The van der Waals surface area contributed by atoms with Crippen molar-refractivity contribution in [1.82, 2.24) is 5.06 Å². The van der Waals surface area contributed by atoms with Gasteiger partial charge in [-0.2, -0.15) is 0 Å². The molecule has 2 N–H and O–H groups in total. The van der Waals surface area contributed by atoms with Crippen LogP contribution in [-0.4, -0.2) is 33.5 Å². The lowest BCUT2D eigenvalue weighted by Gasteiger charge is -2.28. The van der Waals surface area contributed by atoms with Gasteiger partial charge in [-0.25, -0.2) is 0 Å². The molecule has 0 aliphatic rings. The molecule has 1 amide bonds. The van der Waals surface area contributed by atoms with Crippen LogP contribution in [0.15, 0.2) is 0 Å². The first-order valence-electron chi connectivity index (χ1n) is 6.39. The van der Waals surface area contributed by atoms with Crippen molar-refractivity contribution in [2.45, 2.75) is 51.9 Å². The molecule has 108 valence electrons. The van der Waals surface area contributed by atoms with E-state index in [-0.39, 0.29) is 25.5 Å². The van der Waals surface area contributed by atoms with Crippen molar-refractivity contribution in [3.05, 3.63) is 5.21 Å². The summed E-state index contributed by atoms with van der Waals surface area (Å²) in [5.41, 5.74) is 0. The first-order chi connectivity index (χ1) is 8.37. The van der Waals surface area contributed by atoms with Gasteiger partial charge in [0, 0.05) is 13.0 Å². The number of hydroxylamine groups is 2. The number of unbranched alkanes of at least 4 members (excludes halogenated alkanes) is 4. The molecule has 6 nitrogen and oxygen atoms in total. The Bertz CT molecular complexity index is 279. The van der Waals surface area contributed by atoms with Crippen molar-refractivity contribution >= 4 is 13.5 Å². The topological polar surface area (TPSA) is 101 Å². The minimum Gasteiger partial charge on any atom is -0.756 e. The molecular formula is C11H23NO5P-. The summed E-state index contributed by atoms with van der Waals surface area (Å²) in [6.45, 7) is 1.96. The van der Waals surface area contributed by atoms with Crippen molar-refractivity contribution < 1.29 is 19.1 Å². The molecule has 0 radical (unpaired) electrons. The van der Waals surface area contributed by atoms with E-state index in [1.165, 1.54) is 0 Å². The molecule has 0 spiro atoms. The predicted octanol–water partition coefficient (Wildman–Crippen LogP) is 2.24. The van der Waals surface area contributed by atoms with Gasteiger partial charge in [-0.05, 0) is 12.8 Å². The number of amides is 1. The largest absolute Gasteiger partial charge is 0.756 e. The average molecular weight is 280 g/mol. The van der Waals surface area contributed by atoms with Crippen molar-refractivity contribution in [1.29, 1.82) is 0 Å². The average Bonchev–Trinajstić information content (AvgIpc) is 2.26. The van der Waals surface area contributed by atoms with Crippen LogP contribution >= 0.6 is 7.60 Å². The van der Waals surface area contributed by atoms with Crippen LogP contribution < -0.4 is 0 Å². The molecule has 0 fully saturated rings. The second kappa shape index (κ2) is 9.50. The van der Waals surface area contributed by atoms with Crippen LogP contribution in [0.5, 0.6) is 0 Å². The molecule has 0 unspecified atom stereocenters. The molecule has 0 aliphatic heterocycles. The Kier molecular flexibility index (Phi) is 9.28. The lowest BCUT2D eigenvalue weighted by Crippen LogP contribution is -2.26. The predicted molar refractivity (Wildman–Crippen MR) is 70.0 cm³/mol. The summed E-state index contributed by atoms with van der Waals surface area (Å²) in [7, 11) is -4.06. The van der Waals surface area contributed by atoms with E-state index in [4.69, 9.17) is 9.79 Å².